The quantitative estimate of drug-likeness (QED) is 0.400. The first kappa shape index (κ1) is 26.0. The number of pyridine rings is 2. The second kappa shape index (κ2) is 9.72. The van der Waals surface area contributed by atoms with E-state index in [-0.39, 0.29) is 11.5 Å². The molecule has 0 bridgehead atoms. The molecule has 9 nitrogen and oxygen atoms in total. The summed E-state index contributed by atoms with van der Waals surface area (Å²) in [7, 11) is 1.62. The van der Waals surface area contributed by atoms with E-state index >= 15 is 0 Å². The lowest BCUT2D eigenvalue weighted by molar-refractivity contribution is 0.413. The van der Waals surface area contributed by atoms with Gasteiger partial charge in [-0.05, 0) is 61.9 Å². The molecule has 0 radical (unpaired) electrons. The highest BCUT2D eigenvalue weighted by atomic mass is 16.5. The van der Waals surface area contributed by atoms with Crippen LogP contribution in [0.2, 0.25) is 0 Å². The minimum atomic E-state index is -0.408. The summed E-state index contributed by atoms with van der Waals surface area (Å²) in [5.74, 6) is 1.30. The first-order chi connectivity index (χ1) is 19.3. The average Bonchev–Trinajstić information content (AvgIpc) is 3.71. The lowest BCUT2D eigenvalue weighted by Gasteiger charge is -2.38. The van der Waals surface area contributed by atoms with Crippen LogP contribution in [-0.2, 0) is 0 Å². The van der Waals surface area contributed by atoms with Crippen molar-refractivity contribution in [2.24, 2.45) is 0 Å². The minimum absolute atomic E-state index is 0.0602. The summed E-state index contributed by atoms with van der Waals surface area (Å²) >= 11 is 0. The van der Waals surface area contributed by atoms with Crippen LogP contribution in [0.5, 0.6) is 5.75 Å². The van der Waals surface area contributed by atoms with E-state index < -0.39 is 5.69 Å². The van der Waals surface area contributed by atoms with E-state index in [4.69, 9.17) is 14.7 Å². The normalized spacial score (nSPS) is 16.0. The maximum atomic E-state index is 14.1. The number of rotatable bonds is 5. The molecule has 2 fully saturated rings. The standard InChI is InChI=1S/C31H33N7O2/c1-18(2)24-26(19(3)9-12-34-24)38-29-23(28(36-30(38)39)37-14-13-33-17-31(37)10-11-31)15-21(16-32)25(35-29)22-8-6-7-20(4)27(22)40-5/h6-9,12,15,18,33H,10-11,13-14,17H2,1-5H3. The molecule has 6 rings (SSSR count). The Labute approximate surface area is 233 Å². The molecule has 1 aromatic carbocycles. The molecule has 4 aromatic rings. The third kappa shape index (κ3) is 4.02. The molecular weight excluding hydrogens is 502 g/mol. The van der Waals surface area contributed by atoms with Gasteiger partial charge in [-0.3, -0.25) is 4.98 Å². The third-order valence-corrected chi connectivity index (χ3v) is 8.19. The van der Waals surface area contributed by atoms with E-state index in [1.54, 1.807) is 17.9 Å². The van der Waals surface area contributed by atoms with Gasteiger partial charge in [-0.15, -0.1) is 0 Å². The van der Waals surface area contributed by atoms with E-state index in [1.165, 1.54) is 0 Å². The molecule has 1 saturated heterocycles. The van der Waals surface area contributed by atoms with E-state index in [0.29, 0.717) is 45.1 Å². The molecule has 1 spiro atoms. The number of nitriles is 1. The predicted molar refractivity (Wildman–Crippen MR) is 155 cm³/mol. The second-order valence-electron chi connectivity index (χ2n) is 11.1. The van der Waals surface area contributed by atoms with Gasteiger partial charge >= 0.3 is 5.69 Å². The fourth-order valence-electron chi connectivity index (χ4n) is 5.99. The smallest absolute Gasteiger partial charge is 0.355 e. The Morgan fingerprint density at radius 3 is 2.65 bits per heavy atom. The van der Waals surface area contributed by atoms with E-state index in [0.717, 1.165) is 49.3 Å². The Bertz CT molecular complexity index is 1750. The number of nitrogens with zero attached hydrogens (tertiary/aromatic N) is 6. The lowest BCUT2D eigenvalue weighted by Crippen LogP contribution is -2.54. The van der Waals surface area contributed by atoms with Gasteiger partial charge < -0.3 is 15.0 Å². The Morgan fingerprint density at radius 2 is 1.95 bits per heavy atom. The monoisotopic (exact) mass is 535 g/mol. The maximum Gasteiger partial charge on any atom is 0.355 e. The zero-order valence-corrected chi connectivity index (χ0v) is 23.6. The predicted octanol–water partition coefficient (Wildman–Crippen LogP) is 4.41. The molecule has 0 unspecified atom stereocenters. The summed E-state index contributed by atoms with van der Waals surface area (Å²) in [6.07, 6.45) is 3.83. The first-order valence-corrected chi connectivity index (χ1v) is 13.8. The molecule has 4 heterocycles. The zero-order valence-electron chi connectivity index (χ0n) is 23.6. The van der Waals surface area contributed by atoms with Gasteiger partial charge in [-0.1, -0.05) is 26.0 Å². The molecule has 204 valence electrons. The van der Waals surface area contributed by atoms with Crippen molar-refractivity contribution < 1.29 is 4.74 Å². The van der Waals surface area contributed by atoms with Crippen molar-refractivity contribution in [3.8, 4) is 28.8 Å². The fourth-order valence-corrected chi connectivity index (χ4v) is 5.99. The van der Waals surface area contributed by atoms with Crippen molar-refractivity contribution in [3.05, 3.63) is 69.4 Å². The highest BCUT2D eigenvalue weighted by molar-refractivity contribution is 5.93. The summed E-state index contributed by atoms with van der Waals surface area (Å²) < 4.78 is 7.34. The Morgan fingerprint density at radius 1 is 1.15 bits per heavy atom. The number of hydrogen-bond donors (Lipinski definition) is 1. The van der Waals surface area contributed by atoms with Gasteiger partial charge in [-0.2, -0.15) is 10.2 Å². The molecule has 3 aromatic heterocycles. The van der Waals surface area contributed by atoms with Gasteiger partial charge in [0.1, 0.15) is 17.6 Å². The Hall–Kier alpha value is -4.29. The Kier molecular flexibility index (Phi) is 6.31. The number of methoxy groups -OCH3 is 1. The van der Waals surface area contributed by atoms with Crippen molar-refractivity contribution in [2.75, 3.05) is 31.6 Å². The summed E-state index contributed by atoms with van der Waals surface area (Å²) in [5, 5.41) is 14.5. The molecule has 1 N–H and O–H groups in total. The van der Waals surface area contributed by atoms with Crippen LogP contribution in [0, 0.1) is 25.2 Å². The number of piperazine rings is 1. The second-order valence-corrected chi connectivity index (χ2v) is 11.1. The number of aromatic nitrogens is 4. The van der Waals surface area contributed by atoms with Gasteiger partial charge in [0.15, 0.2) is 5.65 Å². The molecular formula is C31H33N7O2. The SMILES string of the molecule is COc1c(C)cccc1-c1nc2c(cc1C#N)c(N1CCNCC13CC3)nc(=O)n2-c1c(C)ccnc1C(C)C. The zero-order chi connectivity index (χ0) is 28.2. The van der Waals surface area contributed by atoms with Crippen molar-refractivity contribution in [3.63, 3.8) is 0 Å². The van der Waals surface area contributed by atoms with E-state index in [2.05, 4.69) is 35.1 Å². The third-order valence-electron chi connectivity index (χ3n) is 8.19. The summed E-state index contributed by atoms with van der Waals surface area (Å²) in [5.41, 5.74) is 4.87. The van der Waals surface area contributed by atoms with Crippen LogP contribution in [-0.4, -0.2) is 51.8 Å². The summed E-state index contributed by atoms with van der Waals surface area (Å²) in [4.78, 5) is 30.8. The molecule has 2 aliphatic rings. The van der Waals surface area contributed by atoms with Crippen molar-refractivity contribution >= 4 is 16.9 Å². The van der Waals surface area contributed by atoms with Crippen molar-refractivity contribution in [1.82, 2.24) is 24.8 Å². The summed E-state index contributed by atoms with van der Waals surface area (Å²) in [6, 6.07) is 11.9. The molecule has 1 saturated carbocycles. The average molecular weight is 536 g/mol. The number of benzene rings is 1. The van der Waals surface area contributed by atoms with E-state index in [1.807, 2.05) is 44.2 Å². The largest absolute Gasteiger partial charge is 0.496 e. The van der Waals surface area contributed by atoms with Gasteiger partial charge in [0.25, 0.3) is 0 Å². The van der Waals surface area contributed by atoms with Crippen molar-refractivity contribution in [1.29, 1.82) is 5.26 Å². The van der Waals surface area contributed by atoms with Crippen LogP contribution in [0.3, 0.4) is 0 Å². The minimum Gasteiger partial charge on any atom is -0.496 e. The van der Waals surface area contributed by atoms with Gasteiger partial charge in [0.05, 0.1) is 40.7 Å². The molecule has 9 heteroatoms. The highest BCUT2D eigenvalue weighted by Gasteiger charge is 2.50. The van der Waals surface area contributed by atoms with Crippen molar-refractivity contribution in [2.45, 2.75) is 52.0 Å². The van der Waals surface area contributed by atoms with Gasteiger partial charge in [0.2, 0.25) is 0 Å². The number of para-hydroxylation sites is 1. The van der Waals surface area contributed by atoms with Crippen LogP contribution < -0.4 is 20.6 Å². The maximum absolute atomic E-state index is 14.1. The number of nitrogens with one attached hydrogen (secondary N) is 1. The molecule has 0 atom stereocenters. The number of aryl methyl sites for hydroxylation is 2. The van der Waals surface area contributed by atoms with Crippen LogP contribution >= 0.6 is 0 Å². The topological polar surface area (TPSA) is 109 Å². The van der Waals surface area contributed by atoms with Crippen LogP contribution in [0.25, 0.3) is 28.0 Å². The fraction of sp³-hybridized carbons (Fsp3) is 0.387. The lowest BCUT2D eigenvalue weighted by atomic mass is 10.0. The molecule has 1 aliphatic carbocycles. The van der Waals surface area contributed by atoms with Gasteiger partial charge in [-0.25, -0.2) is 14.3 Å². The summed E-state index contributed by atoms with van der Waals surface area (Å²) in [6.45, 7) is 10.4. The van der Waals surface area contributed by atoms with Gasteiger partial charge in [0, 0.05) is 31.4 Å². The molecule has 1 aliphatic heterocycles. The van der Waals surface area contributed by atoms with Crippen LogP contribution in [0.1, 0.15) is 55.0 Å². The first-order valence-electron chi connectivity index (χ1n) is 13.8. The van der Waals surface area contributed by atoms with Crippen LogP contribution in [0.4, 0.5) is 5.82 Å². The number of anilines is 1. The highest BCUT2D eigenvalue weighted by Crippen LogP contribution is 2.46. The van der Waals surface area contributed by atoms with Crippen LogP contribution in [0.15, 0.2) is 41.3 Å². The number of fused-ring (bicyclic) bond motifs is 1. The number of ether oxygens (including phenoxy) is 1. The Balaban J connectivity index is 1.75. The number of hydrogen-bond acceptors (Lipinski definition) is 8. The molecule has 0 amide bonds. The van der Waals surface area contributed by atoms with E-state index in [9.17, 15) is 10.1 Å². The molecule has 40 heavy (non-hydrogen) atoms.